The number of carboxylic acid groups (broad SMARTS) is 1. The summed E-state index contributed by atoms with van der Waals surface area (Å²) in [6.45, 7) is 1.26. The molecule has 0 aromatic carbocycles. The quantitative estimate of drug-likeness (QED) is 0.873. The van der Waals surface area contributed by atoms with E-state index in [4.69, 9.17) is 5.11 Å². The van der Waals surface area contributed by atoms with Gasteiger partial charge in [0.2, 0.25) is 10.0 Å². The molecule has 0 amide bonds. The molecule has 1 saturated heterocycles. The van der Waals surface area contributed by atoms with Crippen LogP contribution in [0.25, 0.3) is 0 Å². The average molecular weight is 301 g/mol. The van der Waals surface area contributed by atoms with Crippen LogP contribution in [0.2, 0.25) is 0 Å². The van der Waals surface area contributed by atoms with Crippen molar-refractivity contribution in [2.45, 2.75) is 43.5 Å². The summed E-state index contributed by atoms with van der Waals surface area (Å²) >= 11 is 0. The van der Waals surface area contributed by atoms with Gasteiger partial charge < -0.3 is 5.11 Å². The average Bonchev–Trinajstić information content (AvgIpc) is 2.70. The van der Waals surface area contributed by atoms with Crippen LogP contribution in [-0.2, 0) is 21.4 Å². The number of aliphatic carboxylic acids is 1. The summed E-state index contributed by atoms with van der Waals surface area (Å²) in [6, 6.07) is 0. The SMILES string of the molecule is O=C(O)CCn1cc(S(=O)(=O)N2CCCCCC2)cn1. The molecule has 0 unspecified atom stereocenters. The number of aromatic nitrogens is 2. The van der Waals surface area contributed by atoms with Gasteiger partial charge >= 0.3 is 5.97 Å². The highest BCUT2D eigenvalue weighted by molar-refractivity contribution is 7.89. The number of hydrogen-bond acceptors (Lipinski definition) is 4. The highest BCUT2D eigenvalue weighted by Gasteiger charge is 2.26. The van der Waals surface area contributed by atoms with Gasteiger partial charge in [0.15, 0.2) is 0 Å². The van der Waals surface area contributed by atoms with Crippen LogP contribution in [-0.4, -0.2) is 46.7 Å². The molecule has 1 fully saturated rings. The van der Waals surface area contributed by atoms with Crippen molar-refractivity contribution >= 4 is 16.0 Å². The lowest BCUT2D eigenvalue weighted by molar-refractivity contribution is -0.137. The smallest absolute Gasteiger partial charge is 0.305 e. The van der Waals surface area contributed by atoms with Crippen LogP contribution < -0.4 is 0 Å². The lowest BCUT2D eigenvalue weighted by Gasteiger charge is -2.18. The van der Waals surface area contributed by atoms with Crippen molar-refractivity contribution in [3.63, 3.8) is 0 Å². The molecule has 1 aliphatic heterocycles. The van der Waals surface area contributed by atoms with Gasteiger partial charge in [0.1, 0.15) is 4.90 Å². The van der Waals surface area contributed by atoms with Gasteiger partial charge in [-0.05, 0) is 12.8 Å². The minimum absolute atomic E-state index is 0.0785. The number of sulfonamides is 1. The molecule has 2 rings (SSSR count). The summed E-state index contributed by atoms with van der Waals surface area (Å²) in [5.74, 6) is -0.933. The molecule has 7 nitrogen and oxygen atoms in total. The Bertz CT molecular complexity index is 559. The topological polar surface area (TPSA) is 92.5 Å². The maximum atomic E-state index is 12.4. The lowest BCUT2D eigenvalue weighted by Crippen LogP contribution is -2.31. The first-order valence-electron chi connectivity index (χ1n) is 6.74. The molecular formula is C12H19N3O4S. The van der Waals surface area contributed by atoms with Crippen LogP contribution in [0.15, 0.2) is 17.3 Å². The summed E-state index contributed by atoms with van der Waals surface area (Å²) in [7, 11) is -3.50. The van der Waals surface area contributed by atoms with E-state index >= 15 is 0 Å². The third kappa shape index (κ3) is 3.57. The Morgan fingerprint density at radius 3 is 2.50 bits per heavy atom. The molecule has 0 saturated carbocycles. The standard InChI is InChI=1S/C12H19N3O4S/c16-12(17)5-8-14-10-11(9-13-14)20(18,19)15-6-3-1-2-4-7-15/h9-10H,1-8H2,(H,16,17). The summed E-state index contributed by atoms with van der Waals surface area (Å²) in [6.07, 6.45) is 6.50. The number of aryl methyl sites for hydroxylation is 1. The molecule has 1 aromatic rings. The van der Waals surface area contributed by atoms with Crippen LogP contribution in [0, 0.1) is 0 Å². The largest absolute Gasteiger partial charge is 0.481 e. The molecule has 1 aromatic heterocycles. The second kappa shape index (κ2) is 6.36. The first-order chi connectivity index (χ1) is 9.50. The summed E-state index contributed by atoms with van der Waals surface area (Å²) in [5.41, 5.74) is 0. The Balaban J connectivity index is 2.10. The zero-order valence-electron chi connectivity index (χ0n) is 11.2. The minimum Gasteiger partial charge on any atom is -0.481 e. The summed E-state index contributed by atoms with van der Waals surface area (Å²) < 4.78 is 27.8. The van der Waals surface area contributed by atoms with Gasteiger partial charge in [0.25, 0.3) is 0 Å². The van der Waals surface area contributed by atoms with Crippen molar-refractivity contribution in [3.8, 4) is 0 Å². The van der Waals surface area contributed by atoms with Crippen molar-refractivity contribution in [2.24, 2.45) is 0 Å². The first-order valence-corrected chi connectivity index (χ1v) is 8.18. The van der Waals surface area contributed by atoms with Crippen LogP contribution in [0.5, 0.6) is 0 Å². The minimum atomic E-state index is -3.50. The third-order valence-corrected chi connectivity index (χ3v) is 5.22. The zero-order chi connectivity index (χ0) is 14.6. The predicted octanol–water partition coefficient (Wildman–Crippen LogP) is 0.922. The van der Waals surface area contributed by atoms with Gasteiger partial charge in [0, 0.05) is 19.3 Å². The van der Waals surface area contributed by atoms with Crippen LogP contribution in [0.4, 0.5) is 0 Å². The second-order valence-electron chi connectivity index (χ2n) is 4.90. The molecule has 20 heavy (non-hydrogen) atoms. The molecule has 0 bridgehead atoms. The van der Waals surface area contributed by atoms with Crippen LogP contribution in [0.3, 0.4) is 0 Å². The van der Waals surface area contributed by atoms with Gasteiger partial charge in [-0.15, -0.1) is 0 Å². The number of nitrogens with zero attached hydrogens (tertiary/aromatic N) is 3. The van der Waals surface area contributed by atoms with E-state index in [1.807, 2.05) is 0 Å². The fourth-order valence-corrected chi connectivity index (χ4v) is 3.71. The highest BCUT2D eigenvalue weighted by atomic mass is 32.2. The second-order valence-corrected chi connectivity index (χ2v) is 6.84. The molecule has 2 heterocycles. The fourth-order valence-electron chi connectivity index (χ4n) is 2.24. The fraction of sp³-hybridized carbons (Fsp3) is 0.667. The summed E-state index contributed by atoms with van der Waals surface area (Å²) in [4.78, 5) is 10.6. The van der Waals surface area contributed by atoms with Gasteiger partial charge in [-0.1, -0.05) is 12.8 Å². The van der Waals surface area contributed by atoms with Gasteiger partial charge in [0.05, 0.1) is 19.2 Å². The van der Waals surface area contributed by atoms with E-state index in [-0.39, 0.29) is 17.9 Å². The summed E-state index contributed by atoms with van der Waals surface area (Å²) in [5, 5.41) is 12.5. The van der Waals surface area contributed by atoms with Crippen LogP contribution >= 0.6 is 0 Å². The Hall–Kier alpha value is -1.41. The molecule has 0 radical (unpaired) electrons. The molecule has 0 atom stereocenters. The van der Waals surface area contributed by atoms with E-state index in [0.717, 1.165) is 25.7 Å². The lowest BCUT2D eigenvalue weighted by atomic mass is 10.2. The molecule has 0 spiro atoms. The van der Waals surface area contributed by atoms with Gasteiger partial charge in [-0.25, -0.2) is 8.42 Å². The van der Waals surface area contributed by atoms with Gasteiger partial charge in [-0.3, -0.25) is 9.48 Å². The van der Waals surface area contributed by atoms with Crippen molar-refractivity contribution in [3.05, 3.63) is 12.4 Å². The number of carboxylic acids is 1. The van der Waals surface area contributed by atoms with Gasteiger partial charge in [-0.2, -0.15) is 9.40 Å². The van der Waals surface area contributed by atoms with E-state index in [1.165, 1.54) is 21.4 Å². The van der Waals surface area contributed by atoms with Crippen molar-refractivity contribution in [1.29, 1.82) is 0 Å². The van der Waals surface area contributed by atoms with E-state index in [0.29, 0.717) is 13.1 Å². The Morgan fingerprint density at radius 1 is 1.25 bits per heavy atom. The Morgan fingerprint density at radius 2 is 1.90 bits per heavy atom. The zero-order valence-corrected chi connectivity index (χ0v) is 12.0. The number of rotatable bonds is 5. The van der Waals surface area contributed by atoms with E-state index in [2.05, 4.69) is 5.10 Å². The van der Waals surface area contributed by atoms with Crippen molar-refractivity contribution in [1.82, 2.24) is 14.1 Å². The first kappa shape index (κ1) is 15.0. The third-order valence-electron chi connectivity index (χ3n) is 3.37. The molecule has 0 aliphatic carbocycles. The molecule has 1 N–H and O–H groups in total. The monoisotopic (exact) mass is 301 g/mol. The normalized spacial score (nSPS) is 17.8. The number of hydrogen-bond donors (Lipinski definition) is 1. The molecule has 8 heteroatoms. The molecule has 1 aliphatic rings. The van der Waals surface area contributed by atoms with Crippen LogP contribution in [0.1, 0.15) is 32.1 Å². The molecule has 112 valence electrons. The van der Waals surface area contributed by atoms with E-state index < -0.39 is 16.0 Å². The van der Waals surface area contributed by atoms with Crippen molar-refractivity contribution in [2.75, 3.05) is 13.1 Å². The number of carbonyl (C=O) groups is 1. The maximum absolute atomic E-state index is 12.4. The Labute approximate surface area is 118 Å². The maximum Gasteiger partial charge on any atom is 0.305 e. The van der Waals surface area contributed by atoms with E-state index in [9.17, 15) is 13.2 Å². The van der Waals surface area contributed by atoms with Crippen molar-refractivity contribution < 1.29 is 18.3 Å². The predicted molar refractivity (Wildman–Crippen MR) is 71.7 cm³/mol. The molecular weight excluding hydrogens is 282 g/mol. The Kier molecular flexibility index (Phi) is 4.77. The highest BCUT2D eigenvalue weighted by Crippen LogP contribution is 2.19. The van der Waals surface area contributed by atoms with E-state index in [1.54, 1.807) is 0 Å².